The molecule has 0 amide bonds. The van der Waals surface area contributed by atoms with Crippen LogP contribution in [0, 0.1) is 0 Å². The Balaban J connectivity index is 1.11. The van der Waals surface area contributed by atoms with Crippen LogP contribution >= 0.6 is 22.7 Å². The number of ether oxygens (including phenoxy) is 3. The van der Waals surface area contributed by atoms with Crippen molar-refractivity contribution in [3.05, 3.63) is 79.9 Å². The Kier molecular flexibility index (Phi) is 18.4. The van der Waals surface area contributed by atoms with Gasteiger partial charge in [0.1, 0.15) is 15.6 Å². The molecule has 0 unspecified atom stereocenters. The normalized spacial score (nSPS) is 11.3. The zero-order chi connectivity index (χ0) is 37.5. The van der Waals surface area contributed by atoms with Gasteiger partial charge in [0, 0.05) is 30.9 Å². The summed E-state index contributed by atoms with van der Waals surface area (Å²) >= 11 is 2.94. The van der Waals surface area contributed by atoms with Crippen molar-refractivity contribution in [2.24, 2.45) is 20.5 Å². The lowest BCUT2D eigenvalue weighted by molar-refractivity contribution is -0.138. The smallest absolute Gasteiger partial charge is 0.330 e. The first kappa shape index (κ1) is 41.0. The van der Waals surface area contributed by atoms with Gasteiger partial charge in [-0.25, -0.2) is 14.6 Å². The van der Waals surface area contributed by atoms with Crippen LogP contribution in [0.2, 0.25) is 0 Å². The van der Waals surface area contributed by atoms with E-state index in [2.05, 4.69) is 50.4 Å². The molecule has 0 aliphatic carbocycles. The van der Waals surface area contributed by atoms with Gasteiger partial charge >= 0.3 is 11.9 Å². The minimum absolute atomic E-state index is 0.339. The average Bonchev–Trinajstić information content (AvgIpc) is 3.75. The number of azo groups is 2. The number of unbranched alkanes of at least 4 members (excludes halogenated alkanes) is 9. The molecule has 0 radical (unpaired) electrons. The van der Waals surface area contributed by atoms with Gasteiger partial charge in [0.25, 0.3) is 0 Å². The molecule has 0 N–H and O–H groups in total. The lowest BCUT2D eigenvalue weighted by Gasteiger charge is -2.23. The van der Waals surface area contributed by atoms with E-state index in [1.54, 1.807) is 0 Å². The fraction of sp³-hybridized carbons (Fsp3) is 0.425. The third kappa shape index (κ3) is 15.4. The summed E-state index contributed by atoms with van der Waals surface area (Å²) in [4.78, 5) is 29.9. The molecular weight excluding hydrogens is 709 g/mol. The van der Waals surface area contributed by atoms with Gasteiger partial charge in [0.2, 0.25) is 5.13 Å². The molecule has 2 aromatic carbocycles. The largest absolute Gasteiger partial charge is 0.494 e. The molecule has 0 atom stereocenters. The Morgan fingerprint density at radius 3 is 1.83 bits per heavy atom. The Morgan fingerprint density at radius 2 is 1.25 bits per heavy atom. The van der Waals surface area contributed by atoms with Crippen LogP contribution < -0.4 is 9.64 Å². The highest BCUT2D eigenvalue weighted by molar-refractivity contribution is 7.30. The van der Waals surface area contributed by atoms with Crippen LogP contribution in [0.1, 0.15) is 77.6 Å². The van der Waals surface area contributed by atoms with Gasteiger partial charge in [0.05, 0.1) is 35.9 Å². The summed E-state index contributed by atoms with van der Waals surface area (Å²) in [6, 6.07) is 17.6. The SMILES string of the molecule is C=CC(=O)OCCCCCCCCCCCOc1ccc(N=Nc2cc3sc(N=Nc4ccc(N(CC)CCCCOC(=O)C=C)cc4)nc3s2)cc1. The standard InChI is InChI=1S/C40H50N6O5S2/c1-4-37(47)50-28-16-13-11-9-7-8-10-12-15-27-49-34-24-20-32(21-25-34)42-44-36-30-35-39(53-36)41-40(52-35)45-43-31-18-22-33(23-19-31)46(6-3)26-14-17-29-51-38(48)5-2/h4-5,18-25,30H,1-2,6-17,26-29H2,3H3. The van der Waals surface area contributed by atoms with Crippen molar-refractivity contribution in [2.45, 2.75) is 77.6 Å². The van der Waals surface area contributed by atoms with Crippen LogP contribution in [-0.2, 0) is 19.1 Å². The highest BCUT2D eigenvalue weighted by Crippen LogP contribution is 2.39. The minimum atomic E-state index is -0.382. The molecular formula is C40H50N6O5S2. The predicted molar refractivity (Wildman–Crippen MR) is 215 cm³/mol. The topological polar surface area (TPSA) is 127 Å². The first-order valence-corrected chi connectivity index (χ1v) is 20.0. The Morgan fingerprint density at radius 1 is 0.698 bits per heavy atom. The van der Waals surface area contributed by atoms with Crippen LogP contribution in [0.4, 0.5) is 27.2 Å². The van der Waals surface area contributed by atoms with E-state index in [0.717, 1.165) is 89.0 Å². The maximum absolute atomic E-state index is 11.2. The molecule has 53 heavy (non-hydrogen) atoms. The number of nitrogens with zero attached hydrogens (tertiary/aromatic N) is 6. The molecule has 0 bridgehead atoms. The Labute approximate surface area is 320 Å². The Hall–Kier alpha value is -4.75. The summed E-state index contributed by atoms with van der Waals surface area (Å²) in [5.41, 5.74) is 2.62. The number of carbonyl (C=O) groups is 2. The number of hydrogen-bond donors (Lipinski definition) is 0. The molecule has 13 heteroatoms. The molecule has 11 nitrogen and oxygen atoms in total. The first-order chi connectivity index (χ1) is 26.0. The molecule has 0 aliphatic heterocycles. The van der Waals surface area contributed by atoms with E-state index in [4.69, 9.17) is 14.2 Å². The summed E-state index contributed by atoms with van der Waals surface area (Å²) in [6.45, 7) is 12.3. The van der Waals surface area contributed by atoms with E-state index in [1.165, 1.54) is 66.9 Å². The number of anilines is 1. The van der Waals surface area contributed by atoms with E-state index in [-0.39, 0.29) is 11.9 Å². The summed E-state index contributed by atoms with van der Waals surface area (Å²) in [7, 11) is 0. The zero-order valence-electron chi connectivity index (χ0n) is 30.6. The fourth-order valence-corrected chi connectivity index (χ4v) is 7.17. The van der Waals surface area contributed by atoms with Crippen molar-refractivity contribution in [3.8, 4) is 5.75 Å². The monoisotopic (exact) mass is 758 g/mol. The van der Waals surface area contributed by atoms with E-state index < -0.39 is 0 Å². The van der Waals surface area contributed by atoms with Crippen LogP contribution in [0.25, 0.3) is 9.53 Å². The zero-order valence-corrected chi connectivity index (χ0v) is 32.3. The Bertz CT molecular complexity index is 1740. The van der Waals surface area contributed by atoms with Crippen molar-refractivity contribution in [2.75, 3.05) is 37.8 Å². The molecule has 0 saturated heterocycles. The van der Waals surface area contributed by atoms with E-state index in [9.17, 15) is 9.59 Å². The fourth-order valence-electron chi connectivity index (χ4n) is 5.32. The van der Waals surface area contributed by atoms with Crippen LogP contribution in [0.15, 0.2) is 100 Å². The number of thiazole rings is 1. The molecule has 282 valence electrons. The molecule has 4 rings (SSSR count). The second-order valence-corrected chi connectivity index (χ2v) is 14.2. The first-order valence-electron chi connectivity index (χ1n) is 18.4. The van der Waals surface area contributed by atoms with Crippen LogP contribution in [0.3, 0.4) is 0 Å². The number of aromatic nitrogens is 1. The highest BCUT2D eigenvalue weighted by Gasteiger charge is 2.09. The lowest BCUT2D eigenvalue weighted by Crippen LogP contribution is -2.24. The maximum Gasteiger partial charge on any atom is 0.330 e. The number of benzene rings is 2. The van der Waals surface area contributed by atoms with Crippen molar-refractivity contribution in [1.29, 1.82) is 0 Å². The lowest BCUT2D eigenvalue weighted by atomic mass is 10.1. The van der Waals surface area contributed by atoms with Gasteiger partial charge < -0.3 is 19.1 Å². The van der Waals surface area contributed by atoms with Crippen molar-refractivity contribution >= 4 is 71.3 Å². The molecule has 4 aromatic rings. The van der Waals surface area contributed by atoms with Gasteiger partial charge in [-0.3, -0.25) is 0 Å². The highest BCUT2D eigenvalue weighted by atomic mass is 32.1. The number of carbonyl (C=O) groups excluding carboxylic acids is 2. The predicted octanol–water partition coefficient (Wildman–Crippen LogP) is 12.1. The van der Waals surface area contributed by atoms with Gasteiger partial charge in [0.15, 0.2) is 0 Å². The van der Waals surface area contributed by atoms with E-state index in [1.807, 2.05) is 54.6 Å². The molecule has 0 aliphatic rings. The second-order valence-electron chi connectivity index (χ2n) is 12.2. The summed E-state index contributed by atoms with van der Waals surface area (Å²) in [5.74, 6) is 0.114. The summed E-state index contributed by atoms with van der Waals surface area (Å²) in [5, 5.41) is 18.9. The minimum Gasteiger partial charge on any atom is -0.494 e. The molecule has 2 aromatic heterocycles. The van der Waals surface area contributed by atoms with Crippen LogP contribution in [-0.4, -0.2) is 49.8 Å². The molecule has 2 heterocycles. The van der Waals surface area contributed by atoms with Gasteiger partial charge in [-0.15, -0.1) is 20.5 Å². The molecule has 0 spiro atoms. The van der Waals surface area contributed by atoms with Gasteiger partial charge in [-0.1, -0.05) is 80.8 Å². The van der Waals surface area contributed by atoms with Crippen LogP contribution in [0.5, 0.6) is 5.75 Å². The summed E-state index contributed by atoms with van der Waals surface area (Å²) < 4.78 is 17.0. The van der Waals surface area contributed by atoms with Crippen molar-refractivity contribution in [3.63, 3.8) is 0 Å². The number of fused-ring (bicyclic) bond motifs is 1. The van der Waals surface area contributed by atoms with Crippen molar-refractivity contribution in [1.82, 2.24) is 4.98 Å². The van der Waals surface area contributed by atoms with Gasteiger partial charge in [-0.05, 0) is 87.2 Å². The maximum atomic E-state index is 11.2. The number of thiophene rings is 1. The number of rotatable bonds is 26. The van der Waals surface area contributed by atoms with E-state index >= 15 is 0 Å². The summed E-state index contributed by atoms with van der Waals surface area (Å²) in [6.07, 6.45) is 14.4. The second kappa shape index (κ2) is 23.7. The number of hydrogen-bond acceptors (Lipinski definition) is 13. The quantitative estimate of drug-likeness (QED) is 0.0270. The van der Waals surface area contributed by atoms with Crippen molar-refractivity contribution < 1.29 is 23.8 Å². The third-order valence-electron chi connectivity index (χ3n) is 8.22. The van der Waals surface area contributed by atoms with Gasteiger partial charge in [-0.2, -0.15) is 0 Å². The van der Waals surface area contributed by atoms with E-state index in [0.29, 0.717) is 25.0 Å². The molecule has 0 fully saturated rings. The average molecular weight is 759 g/mol. The third-order valence-corrected chi connectivity index (χ3v) is 10.1. The number of esters is 2. The molecule has 0 saturated carbocycles.